The van der Waals surface area contributed by atoms with E-state index in [9.17, 15) is 4.79 Å². The molecule has 122 valence electrons. The Hall–Kier alpha value is -2.64. The molecule has 0 radical (unpaired) electrons. The van der Waals surface area contributed by atoms with Gasteiger partial charge >= 0.3 is 0 Å². The Morgan fingerprint density at radius 2 is 1.92 bits per heavy atom. The molecular weight excluding hydrogens is 300 g/mol. The quantitative estimate of drug-likeness (QED) is 0.851. The van der Waals surface area contributed by atoms with Crippen LogP contribution >= 0.6 is 0 Å². The van der Waals surface area contributed by atoms with Crippen LogP contribution in [0.4, 0.5) is 0 Å². The van der Waals surface area contributed by atoms with E-state index in [-0.39, 0.29) is 11.9 Å². The van der Waals surface area contributed by atoms with Crippen LogP contribution in [0.25, 0.3) is 0 Å². The fraction of sp³-hybridized carbons (Fsp3) is 0.300. The Kier molecular flexibility index (Phi) is 5.25. The van der Waals surface area contributed by atoms with Gasteiger partial charge in [-0.3, -0.25) is 4.79 Å². The first-order valence-electron chi connectivity index (χ1n) is 8.21. The molecule has 4 nitrogen and oxygen atoms in total. The lowest BCUT2D eigenvalue weighted by atomic mass is 10.1. The maximum absolute atomic E-state index is 12.9. The number of rotatable bonds is 5. The number of nitriles is 1. The highest BCUT2D eigenvalue weighted by Gasteiger charge is 2.27. The minimum Gasteiger partial charge on any atom is -0.379 e. The minimum absolute atomic E-state index is 0.00548. The smallest absolute Gasteiger partial charge is 0.254 e. The Morgan fingerprint density at radius 1 is 1.17 bits per heavy atom. The molecule has 0 N–H and O–H groups in total. The van der Waals surface area contributed by atoms with Crippen molar-refractivity contribution in [1.82, 2.24) is 4.90 Å². The summed E-state index contributed by atoms with van der Waals surface area (Å²) in [5, 5.41) is 8.90. The van der Waals surface area contributed by atoms with Gasteiger partial charge in [0.1, 0.15) is 0 Å². The highest BCUT2D eigenvalue weighted by molar-refractivity contribution is 5.94. The number of hydrogen-bond donors (Lipinski definition) is 0. The highest BCUT2D eigenvalue weighted by atomic mass is 16.5. The molecule has 1 heterocycles. The largest absolute Gasteiger partial charge is 0.379 e. The van der Waals surface area contributed by atoms with Gasteiger partial charge in [-0.05, 0) is 42.7 Å². The lowest BCUT2D eigenvalue weighted by Crippen LogP contribution is -2.42. The zero-order chi connectivity index (χ0) is 16.8. The molecule has 1 atom stereocenters. The molecule has 1 fully saturated rings. The Balaban J connectivity index is 1.75. The van der Waals surface area contributed by atoms with Gasteiger partial charge in [0.05, 0.1) is 24.3 Å². The summed E-state index contributed by atoms with van der Waals surface area (Å²) in [6, 6.07) is 19.2. The Bertz CT molecular complexity index is 714. The Labute approximate surface area is 142 Å². The molecule has 4 heteroatoms. The molecule has 2 aromatic rings. The van der Waals surface area contributed by atoms with Gasteiger partial charge in [0.15, 0.2) is 0 Å². The molecule has 1 aliphatic rings. The van der Waals surface area contributed by atoms with Gasteiger partial charge in [-0.1, -0.05) is 30.3 Å². The number of carbonyl (C=O) groups excluding carboxylic acids is 1. The molecular formula is C20H20N2O2. The van der Waals surface area contributed by atoms with Gasteiger partial charge in [-0.15, -0.1) is 0 Å². The second-order valence-corrected chi connectivity index (χ2v) is 5.94. The van der Waals surface area contributed by atoms with Crippen molar-refractivity contribution < 1.29 is 9.53 Å². The molecule has 3 rings (SSSR count). The number of nitrogens with zero attached hydrogens (tertiary/aromatic N) is 2. The van der Waals surface area contributed by atoms with Crippen LogP contribution in [-0.2, 0) is 11.2 Å². The van der Waals surface area contributed by atoms with E-state index in [1.54, 1.807) is 24.3 Å². The zero-order valence-electron chi connectivity index (χ0n) is 13.5. The predicted molar refractivity (Wildman–Crippen MR) is 91.6 cm³/mol. The molecule has 24 heavy (non-hydrogen) atoms. The van der Waals surface area contributed by atoms with Crippen molar-refractivity contribution in [3.05, 3.63) is 71.3 Å². The summed E-state index contributed by atoms with van der Waals surface area (Å²) < 4.78 is 5.48. The van der Waals surface area contributed by atoms with Crippen LogP contribution in [0.3, 0.4) is 0 Å². The number of ether oxygens (including phenoxy) is 1. The van der Waals surface area contributed by atoms with Crippen LogP contribution in [-0.4, -0.2) is 36.6 Å². The highest BCUT2D eigenvalue weighted by Crippen LogP contribution is 2.17. The third-order valence-corrected chi connectivity index (χ3v) is 4.35. The van der Waals surface area contributed by atoms with E-state index >= 15 is 0 Å². The van der Waals surface area contributed by atoms with Crippen molar-refractivity contribution in [2.45, 2.75) is 18.9 Å². The van der Waals surface area contributed by atoms with Crippen LogP contribution in [0, 0.1) is 11.3 Å². The maximum Gasteiger partial charge on any atom is 0.254 e. The van der Waals surface area contributed by atoms with Gasteiger partial charge < -0.3 is 9.64 Å². The summed E-state index contributed by atoms with van der Waals surface area (Å²) in [6.45, 7) is 1.96. The second kappa shape index (κ2) is 7.76. The number of hydrogen-bond acceptors (Lipinski definition) is 3. The van der Waals surface area contributed by atoms with Crippen molar-refractivity contribution in [2.24, 2.45) is 0 Å². The van der Waals surface area contributed by atoms with Crippen molar-refractivity contribution in [3.8, 4) is 6.07 Å². The van der Waals surface area contributed by atoms with Crippen LogP contribution in [0.2, 0.25) is 0 Å². The van der Waals surface area contributed by atoms with Gasteiger partial charge in [0, 0.05) is 18.7 Å². The second-order valence-electron chi connectivity index (χ2n) is 5.94. The van der Waals surface area contributed by atoms with E-state index in [1.807, 2.05) is 23.1 Å². The number of carbonyl (C=O) groups is 1. The molecule has 1 amide bonds. The molecule has 1 aliphatic heterocycles. The van der Waals surface area contributed by atoms with Crippen molar-refractivity contribution in [1.29, 1.82) is 5.26 Å². The normalized spacial score (nSPS) is 16.5. The summed E-state index contributed by atoms with van der Waals surface area (Å²) in [4.78, 5) is 14.9. The van der Waals surface area contributed by atoms with Gasteiger partial charge in [-0.25, -0.2) is 0 Å². The molecule has 1 saturated heterocycles. The monoisotopic (exact) mass is 320 g/mol. The summed E-state index contributed by atoms with van der Waals surface area (Å²) in [7, 11) is 0. The van der Waals surface area contributed by atoms with Gasteiger partial charge in [0.2, 0.25) is 0 Å². The molecule has 0 bridgehead atoms. The molecule has 0 aromatic heterocycles. The summed E-state index contributed by atoms with van der Waals surface area (Å²) >= 11 is 0. The van der Waals surface area contributed by atoms with Crippen LogP contribution in [0.15, 0.2) is 54.6 Å². The van der Waals surface area contributed by atoms with E-state index in [1.165, 1.54) is 5.56 Å². The van der Waals surface area contributed by atoms with Gasteiger partial charge in [0.25, 0.3) is 5.91 Å². The van der Waals surface area contributed by atoms with Crippen molar-refractivity contribution in [2.75, 3.05) is 19.8 Å². The lowest BCUT2D eigenvalue weighted by Gasteiger charge is -2.28. The minimum atomic E-state index is 0.00548. The Morgan fingerprint density at radius 3 is 2.54 bits per heavy atom. The van der Waals surface area contributed by atoms with E-state index in [0.29, 0.717) is 30.9 Å². The number of benzene rings is 2. The first-order chi connectivity index (χ1) is 11.8. The molecule has 0 saturated carbocycles. The van der Waals surface area contributed by atoms with E-state index in [4.69, 9.17) is 10.00 Å². The molecule has 0 unspecified atom stereocenters. The fourth-order valence-electron chi connectivity index (χ4n) is 2.97. The van der Waals surface area contributed by atoms with Crippen LogP contribution in [0.5, 0.6) is 0 Å². The molecule has 0 aliphatic carbocycles. The van der Waals surface area contributed by atoms with E-state index in [0.717, 1.165) is 12.8 Å². The first kappa shape index (κ1) is 16.2. The standard InChI is InChI=1S/C20H20N2O2/c21-14-17-6-8-18(9-7-17)20(23)22(19-11-13-24-15-19)12-10-16-4-2-1-3-5-16/h1-9,19H,10-13,15H2/t19-/m1/s1. The van der Waals surface area contributed by atoms with Crippen molar-refractivity contribution in [3.63, 3.8) is 0 Å². The average Bonchev–Trinajstić information content (AvgIpc) is 3.17. The average molecular weight is 320 g/mol. The SMILES string of the molecule is N#Cc1ccc(C(=O)N(CCc2ccccc2)[C@@H]2CCOC2)cc1. The number of amides is 1. The van der Waals surface area contributed by atoms with E-state index in [2.05, 4.69) is 18.2 Å². The maximum atomic E-state index is 12.9. The fourth-order valence-corrected chi connectivity index (χ4v) is 2.97. The molecule has 0 spiro atoms. The lowest BCUT2D eigenvalue weighted by molar-refractivity contribution is 0.0656. The first-order valence-corrected chi connectivity index (χ1v) is 8.21. The van der Waals surface area contributed by atoms with Crippen LogP contribution in [0.1, 0.15) is 27.9 Å². The van der Waals surface area contributed by atoms with Crippen molar-refractivity contribution >= 4 is 5.91 Å². The topological polar surface area (TPSA) is 53.3 Å². The summed E-state index contributed by atoms with van der Waals surface area (Å²) in [5.74, 6) is 0.00548. The van der Waals surface area contributed by atoms with E-state index < -0.39 is 0 Å². The zero-order valence-corrected chi connectivity index (χ0v) is 13.5. The predicted octanol–water partition coefficient (Wildman–Crippen LogP) is 3.03. The summed E-state index contributed by atoms with van der Waals surface area (Å²) in [5.41, 5.74) is 2.40. The third-order valence-electron chi connectivity index (χ3n) is 4.35. The van der Waals surface area contributed by atoms with Crippen LogP contribution < -0.4 is 0 Å². The summed E-state index contributed by atoms with van der Waals surface area (Å²) in [6.07, 6.45) is 1.69. The third kappa shape index (κ3) is 3.81. The molecule has 2 aromatic carbocycles. The van der Waals surface area contributed by atoms with Gasteiger partial charge in [-0.2, -0.15) is 5.26 Å².